The molecule has 0 bridgehead atoms. The number of benzene rings is 2. The van der Waals surface area contributed by atoms with Crippen molar-refractivity contribution in [3.63, 3.8) is 0 Å². The number of carbonyl (C=O) groups is 1. The summed E-state index contributed by atoms with van der Waals surface area (Å²) in [7, 11) is 0. The molecule has 1 amide bonds. The van der Waals surface area contributed by atoms with Crippen LogP contribution in [0, 0.1) is 0 Å². The molecule has 23 heavy (non-hydrogen) atoms. The predicted octanol–water partition coefficient (Wildman–Crippen LogP) is 4.35. The van der Waals surface area contributed by atoms with Crippen LogP contribution in [0.25, 0.3) is 0 Å². The lowest BCUT2D eigenvalue weighted by Crippen LogP contribution is -2.24. The van der Waals surface area contributed by atoms with Gasteiger partial charge >= 0.3 is 0 Å². The van der Waals surface area contributed by atoms with E-state index in [4.69, 9.17) is 16.3 Å². The van der Waals surface area contributed by atoms with Crippen LogP contribution in [-0.2, 0) is 4.79 Å². The first-order chi connectivity index (χ1) is 11.1. The monoisotopic (exact) mass is 412 g/mol. The maximum absolute atomic E-state index is 11.7. The molecule has 0 spiro atoms. The van der Waals surface area contributed by atoms with Gasteiger partial charge in [0, 0.05) is 9.37 Å². The molecular weight excluding hydrogens is 400 g/mol. The minimum Gasteiger partial charge on any atom is -0.482 e. The molecule has 0 radical (unpaired) electrons. The largest absolute Gasteiger partial charge is 0.482 e. The number of carbonyl (C=O) groups excluding carboxylic acids is 1. The minimum absolute atomic E-state index is 0.163. The Morgan fingerprint density at radius 1 is 1.35 bits per heavy atom. The van der Waals surface area contributed by atoms with Crippen molar-refractivity contribution in [2.45, 2.75) is 4.90 Å². The molecular formula is C16H14BrClN2O2S. The van der Waals surface area contributed by atoms with Gasteiger partial charge in [-0.3, -0.25) is 4.79 Å². The van der Waals surface area contributed by atoms with Gasteiger partial charge in [0.05, 0.1) is 11.2 Å². The lowest BCUT2D eigenvalue weighted by molar-refractivity contribution is -0.123. The van der Waals surface area contributed by atoms with E-state index in [0.717, 1.165) is 10.0 Å². The number of thioether (sulfide) groups is 1. The zero-order valence-electron chi connectivity index (χ0n) is 12.3. The number of hydrogen-bond donors (Lipinski definition) is 1. The maximum Gasteiger partial charge on any atom is 0.277 e. The van der Waals surface area contributed by atoms with Gasteiger partial charge in [-0.2, -0.15) is 5.10 Å². The lowest BCUT2D eigenvalue weighted by atomic mass is 10.2. The fourth-order valence-corrected chi connectivity index (χ4v) is 2.77. The summed E-state index contributed by atoms with van der Waals surface area (Å²) in [5.41, 5.74) is 3.31. The van der Waals surface area contributed by atoms with Crippen molar-refractivity contribution in [2.24, 2.45) is 5.10 Å². The van der Waals surface area contributed by atoms with Crippen LogP contribution in [0.5, 0.6) is 5.75 Å². The van der Waals surface area contributed by atoms with Crippen molar-refractivity contribution in [1.29, 1.82) is 0 Å². The third-order valence-electron chi connectivity index (χ3n) is 2.77. The molecule has 4 nitrogen and oxygen atoms in total. The molecule has 7 heteroatoms. The second-order valence-corrected chi connectivity index (χ2v) is 6.63. The number of hydrogen-bond acceptors (Lipinski definition) is 4. The van der Waals surface area contributed by atoms with Crippen molar-refractivity contribution < 1.29 is 9.53 Å². The summed E-state index contributed by atoms with van der Waals surface area (Å²) in [6.45, 7) is -0.163. The van der Waals surface area contributed by atoms with Crippen LogP contribution in [0.2, 0.25) is 5.02 Å². The number of nitrogens with zero attached hydrogens (tertiary/aromatic N) is 1. The molecule has 0 aliphatic heterocycles. The molecule has 120 valence electrons. The SMILES string of the molecule is CSc1ccc(C=NNC(=O)COc2ccc(Br)cc2Cl)cc1. The Hall–Kier alpha value is -1.50. The van der Waals surface area contributed by atoms with Crippen molar-refractivity contribution in [1.82, 2.24) is 5.43 Å². The van der Waals surface area contributed by atoms with Crippen molar-refractivity contribution in [3.8, 4) is 5.75 Å². The number of ether oxygens (including phenoxy) is 1. The molecule has 1 N–H and O–H groups in total. The zero-order chi connectivity index (χ0) is 16.7. The van der Waals surface area contributed by atoms with E-state index in [0.29, 0.717) is 10.8 Å². The molecule has 2 rings (SSSR count). The van der Waals surface area contributed by atoms with Crippen molar-refractivity contribution >= 4 is 51.4 Å². The summed E-state index contributed by atoms with van der Waals surface area (Å²) >= 11 is 11.0. The molecule has 0 heterocycles. The smallest absolute Gasteiger partial charge is 0.277 e. The van der Waals surface area contributed by atoms with E-state index in [1.54, 1.807) is 36.2 Å². The molecule has 0 saturated heterocycles. The second-order valence-electron chi connectivity index (χ2n) is 4.43. The highest BCUT2D eigenvalue weighted by Gasteiger charge is 2.05. The van der Waals surface area contributed by atoms with E-state index in [9.17, 15) is 4.79 Å². The first-order valence-electron chi connectivity index (χ1n) is 6.62. The van der Waals surface area contributed by atoms with E-state index in [1.165, 1.54) is 4.90 Å². The molecule has 0 fully saturated rings. The average Bonchev–Trinajstić information content (AvgIpc) is 2.54. The molecule has 0 saturated carbocycles. The molecule has 0 unspecified atom stereocenters. The normalized spacial score (nSPS) is 10.7. The van der Waals surface area contributed by atoms with E-state index in [1.807, 2.05) is 30.5 Å². The molecule has 0 aromatic heterocycles. The highest BCUT2D eigenvalue weighted by molar-refractivity contribution is 9.10. The van der Waals surface area contributed by atoms with E-state index in [-0.39, 0.29) is 12.5 Å². The van der Waals surface area contributed by atoms with E-state index >= 15 is 0 Å². The quantitative estimate of drug-likeness (QED) is 0.435. The Morgan fingerprint density at radius 3 is 2.74 bits per heavy atom. The Labute approximate surface area is 152 Å². The molecule has 0 aliphatic carbocycles. The lowest BCUT2D eigenvalue weighted by Gasteiger charge is -2.07. The molecule has 2 aromatic carbocycles. The highest BCUT2D eigenvalue weighted by atomic mass is 79.9. The van der Waals surface area contributed by atoms with E-state index in [2.05, 4.69) is 26.5 Å². The second kappa shape index (κ2) is 8.96. The number of hydrazone groups is 1. The first kappa shape index (κ1) is 17.8. The van der Waals surface area contributed by atoms with Gasteiger partial charge in [-0.25, -0.2) is 5.43 Å². The van der Waals surface area contributed by atoms with Crippen LogP contribution >= 0.6 is 39.3 Å². The van der Waals surface area contributed by atoms with Gasteiger partial charge in [0.1, 0.15) is 5.75 Å². The van der Waals surface area contributed by atoms with Gasteiger partial charge in [0.2, 0.25) is 0 Å². The number of amides is 1. The van der Waals surface area contributed by atoms with Crippen LogP contribution in [0.3, 0.4) is 0 Å². The predicted molar refractivity (Wildman–Crippen MR) is 98.6 cm³/mol. The summed E-state index contributed by atoms with van der Waals surface area (Å²) in [5, 5.41) is 4.33. The Bertz CT molecular complexity index is 708. The van der Waals surface area contributed by atoms with Crippen LogP contribution in [-0.4, -0.2) is 25.0 Å². The Kier molecular flexibility index (Phi) is 6.95. The van der Waals surface area contributed by atoms with Crippen molar-refractivity contribution in [2.75, 3.05) is 12.9 Å². The number of nitrogens with one attached hydrogen (secondary N) is 1. The molecule has 2 aromatic rings. The summed E-state index contributed by atoms with van der Waals surface area (Å²) in [6, 6.07) is 13.0. The molecule has 0 atom stereocenters. The summed E-state index contributed by atoms with van der Waals surface area (Å²) in [6.07, 6.45) is 3.59. The van der Waals surface area contributed by atoms with Gasteiger partial charge in [-0.1, -0.05) is 39.7 Å². The van der Waals surface area contributed by atoms with Crippen LogP contribution in [0.1, 0.15) is 5.56 Å². The summed E-state index contributed by atoms with van der Waals surface area (Å²) in [4.78, 5) is 12.9. The van der Waals surface area contributed by atoms with Gasteiger partial charge < -0.3 is 4.74 Å². The topological polar surface area (TPSA) is 50.7 Å². The highest BCUT2D eigenvalue weighted by Crippen LogP contribution is 2.27. The standard InChI is InChI=1S/C16H14BrClN2O2S/c1-23-13-5-2-11(3-6-13)9-19-20-16(21)10-22-15-7-4-12(17)8-14(15)18/h2-9H,10H2,1H3,(H,20,21). The third kappa shape index (κ3) is 5.89. The fraction of sp³-hybridized carbons (Fsp3) is 0.125. The average molecular weight is 414 g/mol. The van der Waals surface area contributed by atoms with Gasteiger partial charge in [-0.15, -0.1) is 11.8 Å². The van der Waals surface area contributed by atoms with Crippen LogP contribution in [0.15, 0.2) is 56.9 Å². The minimum atomic E-state index is -0.360. The van der Waals surface area contributed by atoms with Crippen LogP contribution in [0.4, 0.5) is 0 Å². The Morgan fingerprint density at radius 2 is 2.09 bits per heavy atom. The third-order valence-corrected chi connectivity index (χ3v) is 4.30. The van der Waals surface area contributed by atoms with E-state index < -0.39 is 0 Å². The number of rotatable bonds is 6. The molecule has 0 aliphatic rings. The first-order valence-corrected chi connectivity index (χ1v) is 9.02. The van der Waals surface area contributed by atoms with Gasteiger partial charge in [0.15, 0.2) is 6.61 Å². The Balaban J connectivity index is 1.81. The number of halogens is 2. The van der Waals surface area contributed by atoms with Crippen molar-refractivity contribution in [3.05, 3.63) is 57.5 Å². The van der Waals surface area contributed by atoms with Crippen LogP contribution < -0.4 is 10.2 Å². The van der Waals surface area contributed by atoms with Gasteiger partial charge in [-0.05, 0) is 42.2 Å². The fourth-order valence-electron chi connectivity index (χ4n) is 1.64. The zero-order valence-corrected chi connectivity index (χ0v) is 15.4. The maximum atomic E-state index is 11.7. The summed E-state index contributed by atoms with van der Waals surface area (Å²) in [5.74, 6) is 0.0858. The van der Waals surface area contributed by atoms with Gasteiger partial charge in [0.25, 0.3) is 5.91 Å². The summed E-state index contributed by atoms with van der Waals surface area (Å²) < 4.78 is 6.19.